The van der Waals surface area contributed by atoms with Crippen molar-refractivity contribution in [2.24, 2.45) is 5.92 Å². The lowest BCUT2D eigenvalue weighted by Crippen LogP contribution is -2.45. The van der Waals surface area contributed by atoms with Crippen molar-refractivity contribution < 1.29 is 37.1 Å². The standard InChI is InChI=1S/C22H23F3N4O5/c1-13-8-15(20(30)27-17-4-3-5-18(26-17)32-2)9-16-11-28(10-14-6-7-33-12-14)29(19(13)16)34-21(31)22(23,24)25/h3-5,8-9,14H,6-7,10-12H2,1-2H3,(H,26,27,30). The van der Waals surface area contributed by atoms with Gasteiger partial charge in [-0.15, -0.1) is 5.17 Å². The second kappa shape index (κ2) is 9.47. The molecule has 0 spiro atoms. The lowest BCUT2D eigenvalue weighted by Gasteiger charge is -2.30. The largest absolute Gasteiger partial charge is 0.493 e. The van der Waals surface area contributed by atoms with Crippen molar-refractivity contribution in [2.75, 3.05) is 37.4 Å². The lowest BCUT2D eigenvalue weighted by molar-refractivity contribution is -0.206. The van der Waals surface area contributed by atoms with Gasteiger partial charge >= 0.3 is 12.1 Å². The monoisotopic (exact) mass is 480 g/mol. The molecule has 1 aromatic heterocycles. The molecule has 0 aliphatic carbocycles. The fourth-order valence-corrected chi connectivity index (χ4v) is 3.96. The number of halogens is 3. The van der Waals surface area contributed by atoms with Crippen LogP contribution in [0.1, 0.15) is 27.9 Å². The van der Waals surface area contributed by atoms with Crippen molar-refractivity contribution in [3.8, 4) is 5.88 Å². The summed E-state index contributed by atoms with van der Waals surface area (Å²) in [6.45, 7) is 3.16. The van der Waals surface area contributed by atoms with E-state index in [0.29, 0.717) is 42.5 Å². The summed E-state index contributed by atoms with van der Waals surface area (Å²) in [5, 5.41) is 5.09. The van der Waals surface area contributed by atoms with Crippen molar-refractivity contribution in [2.45, 2.75) is 26.1 Å². The molecule has 1 atom stereocenters. The minimum absolute atomic E-state index is 0.0728. The first-order valence-electron chi connectivity index (χ1n) is 10.5. The number of hydrogen-bond acceptors (Lipinski definition) is 8. The Morgan fingerprint density at radius 2 is 2.09 bits per heavy atom. The Hall–Kier alpha value is -3.38. The molecule has 3 heterocycles. The van der Waals surface area contributed by atoms with E-state index in [0.717, 1.165) is 11.6 Å². The smallest absolute Gasteiger partial charge is 0.481 e. The van der Waals surface area contributed by atoms with E-state index in [9.17, 15) is 22.8 Å². The molecule has 2 aromatic rings. The average molecular weight is 480 g/mol. The summed E-state index contributed by atoms with van der Waals surface area (Å²) in [6.07, 6.45) is -4.41. The topological polar surface area (TPSA) is 93.2 Å². The third-order valence-corrected chi connectivity index (χ3v) is 5.51. The number of pyridine rings is 1. The van der Waals surface area contributed by atoms with Gasteiger partial charge in [0.1, 0.15) is 11.5 Å². The molecule has 1 amide bonds. The summed E-state index contributed by atoms with van der Waals surface area (Å²) < 4.78 is 49.2. The number of hydrazine groups is 1. The Bertz CT molecular complexity index is 1090. The normalized spacial score (nSPS) is 18.0. The van der Waals surface area contributed by atoms with E-state index < -0.39 is 18.1 Å². The summed E-state index contributed by atoms with van der Waals surface area (Å²) in [4.78, 5) is 33.4. The van der Waals surface area contributed by atoms with Crippen molar-refractivity contribution in [3.63, 3.8) is 0 Å². The second-order valence-corrected chi connectivity index (χ2v) is 8.05. The van der Waals surface area contributed by atoms with Gasteiger partial charge in [-0.1, -0.05) is 6.07 Å². The van der Waals surface area contributed by atoms with Gasteiger partial charge in [0.25, 0.3) is 5.91 Å². The first kappa shape index (κ1) is 23.8. The fraction of sp³-hybridized carbons (Fsp3) is 0.409. The Labute approximate surface area is 193 Å². The highest BCUT2D eigenvalue weighted by Gasteiger charge is 2.45. The number of alkyl halides is 3. The minimum atomic E-state index is -5.15. The third-order valence-electron chi connectivity index (χ3n) is 5.51. The van der Waals surface area contributed by atoms with Crippen LogP contribution < -0.4 is 15.2 Å². The number of nitrogens with one attached hydrogen (secondary N) is 1. The number of aromatic nitrogens is 1. The number of ether oxygens (including phenoxy) is 2. The van der Waals surface area contributed by atoms with Crippen LogP contribution in [-0.4, -0.2) is 54.9 Å². The van der Waals surface area contributed by atoms with Gasteiger partial charge in [-0.2, -0.15) is 23.2 Å². The molecule has 34 heavy (non-hydrogen) atoms. The molecule has 9 nitrogen and oxygen atoms in total. The molecule has 12 heteroatoms. The van der Waals surface area contributed by atoms with E-state index in [1.54, 1.807) is 31.2 Å². The SMILES string of the molecule is COc1cccc(NC(=O)c2cc(C)c3c(c2)CN(CC2CCOC2)N3OC(=O)C(F)(F)F)n1. The summed E-state index contributed by atoms with van der Waals surface area (Å²) in [5.41, 5.74) is 1.61. The maximum Gasteiger partial charge on any atom is 0.493 e. The highest BCUT2D eigenvalue weighted by molar-refractivity contribution is 6.04. The van der Waals surface area contributed by atoms with Crippen molar-refractivity contribution >= 4 is 23.4 Å². The molecule has 1 N–H and O–H groups in total. The Morgan fingerprint density at radius 1 is 1.29 bits per heavy atom. The molecule has 1 aromatic carbocycles. The number of methoxy groups -OCH3 is 1. The van der Waals surface area contributed by atoms with Gasteiger partial charge in [-0.25, -0.2) is 4.79 Å². The maximum absolute atomic E-state index is 12.9. The number of amides is 1. The first-order valence-corrected chi connectivity index (χ1v) is 10.5. The van der Waals surface area contributed by atoms with Gasteiger partial charge in [0.2, 0.25) is 5.88 Å². The molecule has 0 bridgehead atoms. The van der Waals surface area contributed by atoms with Gasteiger partial charge in [0.05, 0.1) is 13.7 Å². The molecule has 2 aliphatic rings. The number of aryl methyl sites for hydroxylation is 1. The average Bonchev–Trinajstić information content (AvgIpc) is 3.41. The molecule has 1 unspecified atom stereocenters. The molecule has 1 saturated heterocycles. The second-order valence-electron chi connectivity index (χ2n) is 8.05. The van der Waals surface area contributed by atoms with Crippen LogP contribution in [0.15, 0.2) is 30.3 Å². The number of nitrogens with zero attached hydrogens (tertiary/aromatic N) is 3. The fourth-order valence-electron chi connectivity index (χ4n) is 3.96. The maximum atomic E-state index is 12.9. The van der Waals surface area contributed by atoms with Gasteiger partial charge in [-0.3, -0.25) is 4.79 Å². The predicted octanol–water partition coefficient (Wildman–Crippen LogP) is 3.24. The summed E-state index contributed by atoms with van der Waals surface area (Å²) in [6, 6.07) is 8.00. The van der Waals surface area contributed by atoms with E-state index in [2.05, 4.69) is 10.3 Å². The zero-order valence-electron chi connectivity index (χ0n) is 18.5. The number of hydrogen-bond donors (Lipinski definition) is 1. The summed E-state index contributed by atoms with van der Waals surface area (Å²) in [5.74, 6) is -2.09. The van der Waals surface area contributed by atoms with E-state index >= 15 is 0 Å². The number of benzene rings is 1. The van der Waals surface area contributed by atoms with Crippen LogP contribution in [0.25, 0.3) is 0 Å². The van der Waals surface area contributed by atoms with Gasteiger partial charge in [-0.05, 0) is 48.6 Å². The number of fused-ring (bicyclic) bond motifs is 1. The van der Waals surface area contributed by atoms with E-state index in [-0.39, 0.29) is 23.8 Å². The molecule has 0 saturated carbocycles. The van der Waals surface area contributed by atoms with E-state index in [4.69, 9.17) is 14.3 Å². The highest BCUT2D eigenvalue weighted by Crippen LogP contribution is 2.37. The van der Waals surface area contributed by atoms with Gasteiger partial charge < -0.3 is 19.6 Å². The minimum Gasteiger partial charge on any atom is -0.481 e. The molecule has 2 aliphatic heterocycles. The predicted molar refractivity (Wildman–Crippen MR) is 114 cm³/mol. The number of anilines is 2. The quantitative estimate of drug-likeness (QED) is 0.674. The molecule has 182 valence electrons. The molecular weight excluding hydrogens is 457 g/mol. The zero-order chi connectivity index (χ0) is 24.5. The van der Waals surface area contributed by atoms with E-state index in [1.165, 1.54) is 18.2 Å². The third kappa shape index (κ3) is 5.07. The molecular formula is C22H23F3N4O5. The van der Waals surface area contributed by atoms with Crippen LogP contribution in [0.3, 0.4) is 0 Å². The number of rotatable bonds is 6. The number of carbonyl (C=O) groups is 2. The van der Waals surface area contributed by atoms with Gasteiger partial charge in [0.15, 0.2) is 0 Å². The Balaban J connectivity index is 1.60. The Morgan fingerprint density at radius 3 is 2.76 bits per heavy atom. The highest BCUT2D eigenvalue weighted by atomic mass is 19.4. The van der Waals surface area contributed by atoms with Crippen molar-refractivity contribution in [1.29, 1.82) is 0 Å². The van der Waals surface area contributed by atoms with Crippen LogP contribution in [0.5, 0.6) is 5.88 Å². The van der Waals surface area contributed by atoms with E-state index in [1.807, 2.05) is 0 Å². The number of carbonyl (C=O) groups excluding carboxylic acids is 2. The Kier molecular flexibility index (Phi) is 6.62. The van der Waals surface area contributed by atoms with Crippen LogP contribution in [0, 0.1) is 12.8 Å². The van der Waals surface area contributed by atoms with Crippen molar-refractivity contribution in [3.05, 3.63) is 47.0 Å². The zero-order valence-corrected chi connectivity index (χ0v) is 18.5. The van der Waals surface area contributed by atoms with Crippen molar-refractivity contribution in [1.82, 2.24) is 9.99 Å². The molecule has 4 rings (SSSR count). The van der Waals surface area contributed by atoms with Gasteiger partial charge in [0, 0.05) is 31.3 Å². The first-order chi connectivity index (χ1) is 16.2. The van der Waals surface area contributed by atoms with Crippen LogP contribution in [-0.2, 0) is 20.9 Å². The molecule has 1 fully saturated rings. The summed E-state index contributed by atoms with van der Waals surface area (Å²) in [7, 11) is 1.46. The lowest BCUT2D eigenvalue weighted by atomic mass is 10.0. The van der Waals surface area contributed by atoms with Crippen LogP contribution in [0.4, 0.5) is 24.7 Å². The van der Waals surface area contributed by atoms with Crippen LogP contribution >= 0.6 is 0 Å². The summed E-state index contributed by atoms with van der Waals surface area (Å²) >= 11 is 0. The molecule has 0 radical (unpaired) electrons. The van der Waals surface area contributed by atoms with Crippen LogP contribution in [0.2, 0.25) is 0 Å².